The Morgan fingerprint density at radius 1 is 1.06 bits per heavy atom. The van der Waals surface area contributed by atoms with Crippen molar-refractivity contribution in [1.82, 2.24) is 0 Å². The Hall–Kier alpha value is -4.35. The van der Waals surface area contributed by atoms with Crippen molar-refractivity contribution in [1.29, 1.82) is 5.26 Å². The molecular formula is C25H19ClFN3O4. The zero-order valence-corrected chi connectivity index (χ0v) is 18.7. The highest BCUT2D eigenvalue weighted by molar-refractivity contribution is 6.30. The highest BCUT2D eigenvalue weighted by Gasteiger charge is 2.14. The van der Waals surface area contributed by atoms with Crippen molar-refractivity contribution in [2.75, 3.05) is 24.4 Å². The molecular weight excluding hydrogens is 461 g/mol. The van der Waals surface area contributed by atoms with Crippen LogP contribution in [0.1, 0.15) is 5.56 Å². The van der Waals surface area contributed by atoms with Crippen LogP contribution in [0.2, 0.25) is 5.02 Å². The maximum absolute atomic E-state index is 13.1. The minimum Gasteiger partial charge on any atom is -0.495 e. The van der Waals surface area contributed by atoms with Crippen LogP contribution in [0.25, 0.3) is 6.08 Å². The summed E-state index contributed by atoms with van der Waals surface area (Å²) in [7, 11) is 1.49. The van der Waals surface area contributed by atoms with E-state index in [0.717, 1.165) is 0 Å². The van der Waals surface area contributed by atoms with Crippen LogP contribution in [0.4, 0.5) is 15.8 Å². The molecule has 34 heavy (non-hydrogen) atoms. The number of halogens is 2. The maximum atomic E-state index is 13.1. The van der Waals surface area contributed by atoms with Gasteiger partial charge in [-0.1, -0.05) is 23.7 Å². The summed E-state index contributed by atoms with van der Waals surface area (Å²) in [4.78, 5) is 24.9. The molecule has 7 nitrogen and oxygen atoms in total. The summed E-state index contributed by atoms with van der Waals surface area (Å²) in [6.07, 6.45) is 1.29. The fraction of sp³-hybridized carbons (Fsp3) is 0.0800. The van der Waals surface area contributed by atoms with Gasteiger partial charge in [0.25, 0.3) is 11.8 Å². The van der Waals surface area contributed by atoms with Crippen LogP contribution in [0.15, 0.2) is 72.3 Å². The number of para-hydroxylation sites is 2. The molecule has 9 heteroatoms. The predicted molar refractivity (Wildman–Crippen MR) is 127 cm³/mol. The van der Waals surface area contributed by atoms with Crippen LogP contribution in [-0.2, 0) is 9.59 Å². The largest absolute Gasteiger partial charge is 0.495 e. The van der Waals surface area contributed by atoms with Gasteiger partial charge in [-0.15, -0.1) is 0 Å². The van der Waals surface area contributed by atoms with Gasteiger partial charge in [-0.2, -0.15) is 5.26 Å². The zero-order chi connectivity index (χ0) is 24.5. The molecule has 3 aromatic rings. The third-order valence-corrected chi connectivity index (χ3v) is 4.71. The van der Waals surface area contributed by atoms with Crippen LogP contribution in [0.3, 0.4) is 0 Å². The van der Waals surface area contributed by atoms with Crippen LogP contribution in [0, 0.1) is 17.1 Å². The third-order valence-electron chi connectivity index (χ3n) is 4.48. The van der Waals surface area contributed by atoms with E-state index in [1.807, 2.05) is 6.07 Å². The summed E-state index contributed by atoms with van der Waals surface area (Å²) in [6, 6.07) is 18.4. The summed E-state index contributed by atoms with van der Waals surface area (Å²) in [5.41, 5.74) is 0.889. The van der Waals surface area contributed by atoms with Gasteiger partial charge in [-0.05, 0) is 60.7 Å². The van der Waals surface area contributed by atoms with E-state index in [1.165, 1.54) is 49.6 Å². The first-order chi connectivity index (χ1) is 16.4. The van der Waals surface area contributed by atoms with Crippen molar-refractivity contribution in [3.63, 3.8) is 0 Å². The number of hydrogen-bond donors (Lipinski definition) is 2. The molecule has 0 fully saturated rings. The summed E-state index contributed by atoms with van der Waals surface area (Å²) in [6.45, 7) is -0.343. The lowest BCUT2D eigenvalue weighted by atomic mass is 10.1. The minimum absolute atomic E-state index is 0.238. The lowest BCUT2D eigenvalue weighted by molar-refractivity contribution is -0.118. The minimum atomic E-state index is -0.700. The second kappa shape index (κ2) is 11.5. The summed E-state index contributed by atoms with van der Waals surface area (Å²) in [5, 5.41) is 15.0. The van der Waals surface area contributed by atoms with E-state index in [2.05, 4.69) is 10.6 Å². The molecule has 0 aliphatic heterocycles. The molecule has 0 atom stereocenters. The zero-order valence-electron chi connectivity index (χ0n) is 18.0. The molecule has 2 N–H and O–H groups in total. The number of carbonyl (C=O) groups is 2. The van der Waals surface area contributed by atoms with Crippen molar-refractivity contribution < 1.29 is 23.5 Å². The maximum Gasteiger partial charge on any atom is 0.266 e. The van der Waals surface area contributed by atoms with Gasteiger partial charge in [0.1, 0.15) is 29.0 Å². The number of nitriles is 1. The van der Waals surface area contributed by atoms with Crippen molar-refractivity contribution in [3.8, 4) is 17.6 Å². The average Bonchev–Trinajstić information content (AvgIpc) is 2.83. The molecule has 0 aliphatic rings. The molecule has 0 aliphatic carbocycles. The van der Waals surface area contributed by atoms with E-state index in [1.54, 1.807) is 30.3 Å². The number of carbonyl (C=O) groups excluding carboxylic acids is 2. The topological polar surface area (TPSA) is 100 Å². The van der Waals surface area contributed by atoms with E-state index in [4.69, 9.17) is 21.1 Å². The third kappa shape index (κ3) is 6.58. The van der Waals surface area contributed by atoms with Gasteiger partial charge in [-0.25, -0.2) is 4.39 Å². The van der Waals surface area contributed by atoms with Gasteiger partial charge in [0.15, 0.2) is 6.61 Å². The van der Waals surface area contributed by atoms with E-state index in [-0.39, 0.29) is 17.9 Å². The Balaban J connectivity index is 1.74. The molecule has 0 spiro atoms. The molecule has 0 radical (unpaired) electrons. The van der Waals surface area contributed by atoms with Gasteiger partial charge in [-0.3, -0.25) is 9.59 Å². The van der Waals surface area contributed by atoms with Gasteiger partial charge < -0.3 is 20.1 Å². The molecule has 0 aromatic heterocycles. The lowest BCUT2D eigenvalue weighted by Gasteiger charge is -2.12. The van der Waals surface area contributed by atoms with Crippen LogP contribution in [-0.4, -0.2) is 25.5 Å². The smallest absolute Gasteiger partial charge is 0.266 e. The predicted octanol–water partition coefficient (Wildman–Crippen LogP) is 5.05. The van der Waals surface area contributed by atoms with Gasteiger partial charge >= 0.3 is 0 Å². The van der Waals surface area contributed by atoms with E-state index in [9.17, 15) is 19.2 Å². The second-order valence-electron chi connectivity index (χ2n) is 6.85. The molecule has 2 amide bonds. The first-order valence-corrected chi connectivity index (χ1v) is 10.3. The van der Waals surface area contributed by atoms with Crippen molar-refractivity contribution in [3.05, 3.63) is 88.7 Å². The second-order valence-corrected chi connectivity index (χ2v) is 7.29. The fourth-order valence-electron chi connectivity index (χ4n) is 2.88. The summed E-state index contributed by atoms with van der Waals surface area (Å²) >= 11 is 6.07. The molecule has 0 unspecified atom stereocenters. The number of ether oxygens (including phenoxy) is 2. The number of nitrogens with one attached hydrogen (secondary N) is 2. The lowest BCUT2D eigenvalue weighted by Crippen LogP contribution is -2.20. The number of rotatable bonds is 8. The van der Waals surface area contributed by atoms with Crippen molar-refractivity contribution >= 4 is 40.9 Å². The molecule has 172 valence electrons. The van der Waals surface area contributed by atoms with E-state index >= 15 is 0 Å². The molecule has 3 rings (SSSR count). The van der Waals surface area contributed by atoms with Crippen LogP contribution in [0.5, 0.6) is 11.5 Å². The highest BCUT2D eigenvalue weighted by atomic mass is 35.5. The number of hydrogen-bond acceptors (Lipinski definition) is 5. The Labute approximate surface area is 200 Å². The molecule has 0 saturated carbocycles. The quantitative estimate of drug-likeness (QED) is 0.348. The van der Waals surface area contributed by atoms with Gasteiger partial charge in [0, 0.05) is 16.3 Å². The SMILES string of the molecule is COc1ccccc1NC(=O)COc1ccc(Cl)cc1/C=C(\C#N)C(=O)Nc1ccc(F)cc1. The molecule has 3 aromatic carbocycles. The van der Waals surface area contributed by atoms with Crippen LogP contribution < -0.4 is 20.1 Å². The normalized spacial score (nSPS) is 10.7. The Morgan fingerprint density at radius 2 is 1.79 bits per heavy atom. The first-order valence-electron chi connectivity index (χ1n) is 9.93. The van der Waals surface area contributed by atoms with Crippen LogP contribution >= 0.6 is 11.6 Å². The Kier molecular flexibility index (Phi) is 8.21. The first kappa shape index (κ1) is 24.3. The van der Waals surface area contributed by atoms with Gasteiger partial charge in [0.05, 0.1) is 12.8 Å². The summed E-state index contributed by atoms with van der Waals surface area (Å²) < 4.78 is 23.9. The molecule has 0 saturated heterocycles. The van der Waals surface area contributed by atoms with Crippen molar-refractivity contribution in [2.45, 2.75) is 0 Å². The number of methoxy groups -OCH3 is 1. The highest BCUT2D eigenvalue weighted by Crippen LogP contribution is 2.26. The molecule has 0 bridgehead atoms. The van der Waals surface area contributed by atoms with E-state index < -0.39 is 17.6 Å². The summed E-state index contributed by atoms with van der Waals surface area (Å²) in [5.74, 6) is -0.860. The van der Waals surface area contributed by atoms with Crippen molar-refractivity contribution in [2.24, 2.45) is 0 Å². The number of anilines is 2. The monoisotopic (exact) mass is 479 g/mol. The number of nitrogens with zero attached hydrogens (tertiary/aromatic N) is 1. The van der Waals surface area contributed by atoms with E-state index in [0.29, 0.717) is 27.7 Å². The average molecular weight is 480 g/mol. The fourth-order valence-corrected chi connectivity index (χ4v) is 3.06. The van der Waals surface area contributed by atoms with Gasteiger partial charge in [0.2, 0.25) is 0 Å². The molecule has 0 heterocycles. The standard InChI is InChI=1S/C25H19ClFN3O4/c1-33-23-5-3-2-4-21(23)30-24(31)15-34-22-11-6-18(26)13-16(22)12-17(14-28)25(32)29-20-9-7-19(27)8-10-20/h2-13H,15H2,1H3,(H,29,32)(H,30,31)/b17-12+. The number of benzene rings is 3. The Morgan fingerprint density at radius 3 is 2.50 bits per heavy atom. The number of amides is 2. The Bertz CT molecular complexity index is 1270.